The van der Waals surface area contributed by atoms with Gasteiger partial charge in [0.2, 0.25) is 0 Å². The number of carbonyl (C=O) groups excluding carboxylic acids is 2. The SMILES string of the molecule is O=C(COc1ccc2ccccc2c1)Nc1ccccc1C(=O)N1CCN(C(c2ccccc2)c2ccccc2)CC1. The van der Waals surface area contributed by atoms with Gasteiger partial charge < -0.3 is 15.0 Å². The number of anilines is 1. The van der Waals surface area contributed by atoms with Crippen molar-refractivity contribution in [2.24, 2.45) is 0 Å². The summed E-state index contributed by atoms with van der Waals surface area (Å²) in [6.07, 6.45) is 0. The van der Waals surface area contributed by atoms with E-state index in [1.807, 2.05) is 71.6 Å². The van der Waals surface area contributed by atoms with Gasteiger partial charge in [-0.25, -0.2) is 0 Å². The average molecular weight is 556 g/mol. The van der Waals surface area contributed by atoms with Crippen LogP contribution in [0.4, 0.5) is 5.69 Å². The van der Waals surface area contributed by atoms with E-state index in [-0.39, 0.29) is 24.5 Å². The Morgan fingerprint density at radius 2 is 1.26 bits per heavy atom. The van der Waals surface area contributed by atoms with Gasteiger partial charge in [0.15, 0.2) is 6.61 Å². The fraction of sp³-hybridized carbons (Fsp3) is 0.167. The summed E-state index contributed by atoms with van der Waals surface area (Å²) in [7, 11) is 0. The van der Waals surface area contributed by atoms with E-state index in [0.29, 0.717) is 30.1 Å². The molecule has 0 aliphatic carbocycles. The number of benzene rings is 5. The molecule has 1 saturated heterocycles. The fourth-order valence-corrected chi connectivity index (χ4v) is 5.61. The highest BCUT2D eigenvalue weighted by atomic mass is 16.5. The van der Waals surface area contributed by atoms with E-state index in [2.05, 4.69) is 58.7 Å². The number of nitrogens with one attached hydrogen (secondary N) is 1. The topological polar surface area (TPSA) is 61.9 Å². The Bertz CT molecular complexity index is 1630. The Hall–Kier alpha value is -4.94. The summed E-state index contributed by atoms with van der Waals surface area (Å²) in [6.45, 7) is 2.53. The standard InChI is InChI=1S/C36H33N3O3/c40-34(26-42-31-20-19-27-11-7-8-16-30(27)25-31)37-33-18-10-9-17-32(33)36(41)39-23-21-38(22-24-39)35(28-12-3-1-4-13-28)29-14-5-2-6-15-29/h1-20,25,35H,21-24,26H2,(H,37,40). The predicted octanol–water partition coefficient (Wildman–Crippen LogP) is 6.40. The van der Waals surface area contributed by atoms with Crippen LogP contribution in [0.3, 0.4) is 0 Å². The Balaban J connectivity index is 1.10. The molecule has 0 aromatic heterocycles. The molecule has 210 valence electrons. The van der Waals surface area contributed by atoms with E-state index >= 15 is 0 Å². The van der Waals surface area contributed by atoms with Crippen molar-refractivity contribution in [3.05, 3.63) is 144 Å². The molecule has 1 fully saturated rings. The van der Waals surface area contributed by atoms with Crippen molar-refractivity contribution in [1.29, 1.82) is 0 Å². The van der Waals surface area contributed by atoms with Crippen LogP contribution in [-0.2, 0) is 4.79 Å². The average Bonchev–Trinajstić information content (AvgIpc) is 3.05. The zero-order chi connectivity index (χ0) is 28.7. The lowest BCUT2D eigenvalue weighted by atomic mass is 9.96. The monoisotopic (exact) mass is 555 g/mol. The molecule has 1 aliphatic rings. The minimum Gasteiger partial charge on any atom is -0.484 e. The normalized spacial score (nSPS) is 13.7. The number of fused-ring (bicyclic) bond motifs is 1. The maximum atomic E-state index is 13.6. The zero-order valence-corrected chi connectivity index (χ0v) is 23.4. The highest BCUT2D eigenvalue weighted by Crippen LogP contribution is 2.30. The predicted molar refractivity (Wildman–Crippen MR) is 167 cm³/mol. The molecule has 0 radical (unpaired) electrons. The molecule has 0 saturated carbocycles. The van der Waals surface area contributed by atoms with Crippen LogP contribution in [0.5, 0.6) is 5.75 Å². The lowest BCUT2D eigenvalue weighted by Crippen LogP contribution is -2.50. The van der Waals surface area contributed by atoms with Crippen LogP contribution in [0.15, 0.2) is 127 Å². The summed E-state index contributed by atoms with van der Waals surface area (Å²) in [6, 6.07) is 42.1. The maximum absolute atomic E-state index is 13.6. The second kappa shape index (κ2) is 12.7. The van der Waals surface area contributed by atoms with Crippen LogP contribution >= 0.6 is 0 Å². The van der Waals surface area contributed by atoms with Gasteiger partial charge in [-0.3, -0.25) is 14.5 Å². The molecule has 5 aromatic carbocycles. The Morgan fingerprint density at radius 3 is 1.95 bits per heavy atom. The number of ether oxygens (including phenoxy) is 1. The molecule has 1 aliphatic heterocycles. The number of piperazine rings is 1. The third-order valence-corrected chi connectivity index (χ3v) is 7.72. The number of rotatable bonds is 8. The van der Waals surface area contributed by atoms with Crippen LogP contribution in [0.25, 0.3) is 10.8 Å². The molecule has 2 amide bonds. The van der Waals surface area contributed by atoms with Crippen molar-refractivity contribution in [2.75, 3.05) is 38.1 Å². The first kappa shape index (κ1) is 27.2. The lowest BCUT2D eigenvalue weighted by Gasteiger charge is -2.40. The molecule has 42 heavy (non-hydrogen) atoms. The van der Waals surface area contributed by atoms with Gasteiger partial charge in [-0.15, -0.1) is 0 Å². The van der Waals surface area contributed by atoms with Gasteiger partial charge in [-0.2, -0.15) is 0 Å². The third kappa shape index (κ3) is 6.19. The molecule has 1 heterocycles. The summed E-state index contributed by atoms with van der Waals surface area (Å²) < 4.78 is 5.76. The number of para-hydroxylation sites is 1. The van der Waals surface area contributed by atoms with Gasteiger partial charge in [0.05, 0.1) is 17.3 Å². The van der Waals surface area contributed by atoms with Crippen molar-refractivity contribution in [2.45, 2.75) is 6.04 Å². The molecule has 5 aromatic rings. The number of hydrogen-bond donors (Lipinski definition) is 1. The second-order valence-corrected chi connectivity index (χ2v) is 10.4. The first-order chi connectivity index (χ1) is 20.7. The quantitative estimate of drug-likeness (QED) is 0.241. The maximum Gasteiger partial charge on any atom is 0.262 e. The first-order valence-electron chi connectivity index (χ1n) is 14.3. The van der Waals surface area contributed by atoms with Crippen LogP contribution < -0.4 is 10.1 Å². The molecule has 6 nitrogen and oxygen atoms in total. The van der Waals surface area contributed by atoms with Crippen molar-refractivity contribution in [3.8, 4) is 5.75 Å². The summed E-state index contributed by atoms with van der Waals surface area (Å²) in [4.78, 5) is 30.8. The zero-order valence-electron chi connectivity index (χ0n) is 23.4. The third-order valence-electron chi connectivity index (χ3n) is 7.72. The van der Waals surface area contributed by atoms with E-state index in [4.69, 9.17) is 4.74 Å². The summed E-state index contributed by atoms with van der Waals surface area (Å²) in [5.41, 5.74) is 3.45. The summed E-state index contributed by atoms with van der Waals surface area (Å²) in [5.74, 6) is 0.217. The molecular weight excluding hydrogens is 522 g/mol. The lowest BCUT2D eigenvalue weighted by molar-refractivity contribution is -0.118. The van der Waals surface area contributed by atoms with Crippen LogP contribution in [-0.4, -0.2) is 54.4 Å². The van der Waals surface area contributed by atoms with Gasteiger partial charge in [-0.05, 0) is 46.2 Å². The number of amides is 2. The smallest absolute Gasteiger partial charge is 0.262 e. The Kier molecular flexibility index (Phi) is 8.24. The van der Waals surface area contributed by atoms with Crippen LogP contribution in [0.2, 0.25) is 0 Å². The molecular formula is C36H33N3O3. The van der Waals surface area contributed by atoms with Gasteiger partial charge in [0.25, 0.3) is 11.8 Å². The van der Waals surface area contributed by atoms with Crippen LogP contribution in [0.1, 0.15) is 27.5 Å². The molecule has 0 spiro atoms. The van der Waals surface area contributed by atoms with E-state index in [1.165, 1.54) is 11.1 Å². The number of carbonyl (C=O) groups is 2. The van der Waals surface area contributed by atoms with E-state index in [0.717, 1.165) is 23.9 Å². The molecule has 0 atom stereocenters. The molecule has 0 bridgehead atoms. The van der Waals surface area contributed by atoms with E-state index < -0.39 is 0 Å². The van der Waals surface area contributed by atoms with Gasteiger partial charge >= 0.3 is 0 Å². The molecule has 0 unspecified atom stereocenters. The van der Waals surface area contributed by atoms with E-state index in [9.17, 15) is 9.59 Å². The summed E-state index contributed by atoms with van der Waals surface area (Å²) in [5, 5.41) is 5.04. The second-order valence-electron chi connectivity index (χ2n) is 10.4. The highest BCUT2D eigenvalue weighted by molar-refractivity contribution is 6.04. The molecule has 6 rings (SSSR count). The summed E-state index contributed by atoms with van der Waals surface area (Å²) >= 11 is 0. The Labute approximate surface area is 246 Å². The minimum absolute atomic E-state index is 0.0861. The largest absolute Gasteiger partial charge is 0.484 e. The van der Waals surface area contributed by atoms with Crippen molar-refractivity contribution < 1.29 is 14.3 Å². The van der Waals surface area contributed by atoms with Gasteiger partial charge in [-0.1, -0.05) is 103 Å². The van der Waals surface area contributed by atoms with Gasteiger partial charge in [0, 0.05) is 26.2 Å². The van der Waals surface area contributed by atoms with Crippen molar-refractivity contribution in [1.82, 2.24) is 9.80 Å². The first-order valence-corrected chi connectivity index (χ1v) is 14.3. The minimum atomic E-state index is -0.318. The van der Waals surface area contributed by atoms with Crippen molar-refractivity contribution in [3.63, 3.8) is 0 Å². The van der Waals surface area contributed by atoms with Crippen LogP contribution in [0, 0.1) is 0 Å². The number of nitrogens with zero attached hydrogens (tertiary/aromatic N) is 2. The van der Waals surface area contributed by atoms with Gasteiger partial charge in [0.1, 0.15) is 5.75 Å². The van der Waals surface area contributed by atoms with Crippen molar-refractivity contribution >= 4 is 28.3 Å². The Morgan fingerprint density at radius 1 is 0.667 bits per heavy atom. The number of hydrogen-bond acceptors (Lipinski definition) is 4. The highest BCUT2D eigenvalue weighted by Gasteiger charge is 2.29. The molecule has 6 heteroatoms. The fourth-order valence-electron chi connectivity index (χ4n) is 5.61. The van der Waals surface area contributed by atoms with E-state index in [1.54, 1.807) is 12.1 Å². The molecule has 1 N–H and O–H groups in total.